The van der Waals surface area contributed by atoms with Gasteiger partial charge in [-0.15, -0.1) is 6.58 Å². The highest BCUT2D eigenvalue weighted by Gasteiger charge is 1.92. The van der Waals surface area contributed by atoms with E-state index in [0.29, 0.717) is 12.7 Å². The molecular formula is C7H14O. The van der Waals surface area contributed by atoms with Gasteiger partial charge in [0.25, 0.3) is 0 Å². The standard InChI is InChI=1S/C7H14O/c1-4-6-8-7(3)5-2/h4,7H,1,5-6H2,2-3H3/t7-/m1/s1. The first-order valence-corrected chi connectivity index (χ1v) is 3.03. The van der Waals surface area contributed by atoms with Crippen molar-refractivity contribution < 1.29 is 4.74 Å². The van der Waals surface area contributed by atoms with Gasteiger partial charge in [0, 0.05) is 0 Å². The van der Waals surface area contributed by atoms with Gasteiger partial charge in [0.05, 0.1) is 12.7 Å². The predicted octanol–water partition coefficient (Wildman–Crippen LogP) is 1.99. The van der Waals surface area contributed by atoms with Gasteiger partial charge in [-0.1, -0.05) is 13.0 Å². The lowest BCUT2D eigenvalue weighted by molar-refractivity contribution is 0.0858. The van der Waals surface area contributed by atoms with E-state index in [4.69, 9.17) is 4.74 Å². The Balaban J connectivity index is 2.97. The maximum absolute atomic E-state index is 5.22. The summed E-state index contributed by atoms with van der Waals surface area (Å²) in [7, 11) is 0. The minimum absolute atomic E-state index is 0.382. The first-order chi connectivity index (χ1) is 3.81. The lowest BCUT2D eigenvalue weighted by atomic mass is 10.3. The zero-order chi connectivity index (χ0) is 6.41. The molecule has 0 spiro atoms. The van der Waals surface area contributed by atoms with Crippen LogP contribution < -0.4 is 0 Å². The van der Waals surface area contributed by atoms with Crippen LogP contribution >= 0.6 is 0 Å². The van der Waals surface area contributed by atoms with E-state index < -0.39 is 0 Å². The van der Waals surface area contributed by atoms with Gasteiger partial charge in [0.15, 0.2) is 0 Å². The van der Waals surface area contributed by atoms with E-state index in [2.05, 4.69) is 20.4 Å². The number of hydrogen-bond donors (Lipinski definition) is 0. The van der Waals surface area contributed by atoms with Crippen molar-refractivity contribution in [1.82, 2.24) is 0 Å². The fourth-order valence-electron chi connectivity index (χ4n) is 0.350. The van der Waals surface area contributed by atoms with Gasteiger partial charge in [-0.2, -0.15) is 0 Å². The zero-order valence-corrected chi connectivity index (χ0v) is 5.68. The van der Waals surface area contributed by atoms with Crippen LogP contribution in [0.5, 0.6) is 0 Å². The molecule has 8 heavy (non-hydrogen) atoms. The minimum atomic E-state index is 0.382. The molecule has 0 unspecified atom stereocenters. The molecule has 0 bridgehead atoms. The molecule has 0 aliphatic heterocycles. The summed E-state index contributed by atoms with van der Waals surface area (Å²) in [6.45, 7) is 8.38. The summed E-state index contributed by atoms with van der Waals surface area (Å²) in [4.78, 5) is 0. The van der Waals surface area contributed by atoms with Gasteiger partial charge in [0.2, 0.25) is 0 Å². The Morgan fingerprint density at radius 1 is 1.75 bits per heavy atom. The fourth-order valence-corrected chi connectivity index (χ4v) is 0.350. The summed E-state index contributed by atoms with van der Waals surface area (Å²) >= 11 is 0. The summed E-state index contributed by atoms with van der Waals surface area (Å²) < 4.78 is 5.22. The molecule has 0 fully saturated rings. The Bertz CT molecular complexity index is 59.4. The second-order valence-electron chi connectivity index (χ2n) is 1.84. The van der Waals surface area contributed by atoms with Gasteiger partial charge < -0.3 is 4.74 Å². The molecule has 0 aliphatic carbocycles. The smallest absolute Gasteiger partial charge is 0.0648 e. The Kier molecular flexibility index (Phi) is 4.67. The SMILES string of the molecule is C=CCO[C@H](C)CC. The molecule has 0 heterocycles. The van der Waals surface area contributed by atoms with E-state index in [-0.39, 0.29) is 0 Å². The first-order valence-electron chi connectivity index (χ1n) is 3.03. The summed E-state index contributed by atoms with van der Waals surface area (Å²) in [5.74, 6) is 0. The monoisotopic (exact) mass is 114 g/mol. The fraction of sp³-hybridized carbons (Fsp3) is 0.714. The summed E-state index contributed by atoms with van der Waals surface area (Å²) in [6.07, 6.45) is 3.23. The maximum Gasteiger partial charge on any atom is 0.0648 e. The summed E-state index contributed by atoms with van der Waals surface area (Å²) in [5, 5.41) is 0. The molecule has 1 nitrogen and oxygen atoms in total. The van der Waals surface area contributed by atoms with E-state index in [1.54, 1.807) is 6.08 Å². The van der Waals surface area contributed by atoms with Crippen molar-refractivity contribution in [3.05, 3.63) is 12.7 Å². The third kappa shape index (κ3) is 3.88. The lowest BCUT2D eigenvalue weighted by Gasteiger charge is -2.06. The molecule has 0 saturated carbocycles. The van der Waals surface area contributed by atoms with Crippen LogP contribution in [0.1, 0.15) is 20.3 Å². The van der Waals surface area contributed by atoms with Crippen LogP contribution in [0.4, 0.5) is 0 Å². The van der Waals surface area contributed by atoms with Crippen LogP contribution in [-0.2, 0) is 4.74 Å². The van der Waals surface area contributed by atoms with Crippen molar-refractivity contribution in [1.29, 1.82) is 0 Å². The molecule has 1 heteroatoms. The van der Waals surface area contributed by atoms with Gasteiger partial charge >= 0.3 is 0 Å². The molecule has 0 N–H and O–H groups in total. The Morgan fingerprint density at radius 3 is 2.75 bits per heavy atom. The van der Waals surface area contributed by atoms with Crippen LogP contribution in [0.2, 0.25) is 0 Å². The van der Waals surface area contributed by atoms with Crippen LogP contribution in [0.3, 0.4) is 0 Å². The summed E-state index contributed by atoms with van der Waals surface area (Å²) in [6, 6.07) is 0. The van der Waals surface area contributed by atoms with Crippen molar-refractivity contribution in [2.45, 2.75) is 26.4 Å². The molecule has 0 saturated heterocycles. The molecule has 0 aliphatic rings. The largest absolute Gasteiger partial charge is 0.374 e. The van der Waals surface area contributed by atoms with Crippen molar-refractivity contribution in [3.8, 4) is 0 Å². The highest BCUT2D eigenvalue weighted by atomic mass is 16.5. The molecule has 0 aromatic rings. The summed E-state index contributed by atoms with van der Waals surface area (Å²) in [5.41, 5.74) is 0. The van der Waals surface area contributed by atoms with Crippen molar-refractivity contribution in [3.63, 3.8) is 0 Å². The van der Waals surface area contributed by atoms with Gasteiger partial charge in [-0.25, -0.2) is 0 Å². The second-order valence-corrected chi connectivity index (χ2v) is 1.84. The normalized spacial score (nSPS) is 13.2. The molecule has 0 radical (unpaired) electrons. The second kappa shape index (κ2) is 4.85. The van der Waals surface area contributed by atoms with Crippen molar-refractivity contribution in [2.75, 3.05) is 6.61 Å². The molecule has 0 aromatic carbocycles. The van der Waals surface area contributed by atoms with Crippen LogP contribution in [0.15, 0.2) is 12.7 Å². The first kappa shape index (κ1) is 7.70. The quantitative estimate of drug-likeness (QED) is 0.508. The average molecular weight is 114 g/mol. The third-order valence-electron chi connectivity index (χ3n) is 1.07. The van der Waals surface area contributed by atoms with Crippen molar-refractivity contribution in [2.24, 2.45) is 0 Å². The molecule has 1 atom stereocenters. The molecule has 48 valence electrons. The van der Waals surface area contributed by atoms with E-state index in [9.17, 15) is 0 Å². The highest BCUT2D eigenvalue weighted by Crippen LogP contribution is 1.93. The number of ether oxygens (including phenoxy) is 1. The van der Waals surface area contributed by atoms with Crippen LogP contribution in [0.25, 0.3) is 0 Å². The Labute approximate surface area is 51.4 Å². The Morgan fingerprint density at radius 2 is 2.38 bits per heavy atom. The van der Waals surface area contributed by atoms with Crippen LogP contribution in [-0.4, -0.2) is 12.7 Å². The average Bonchev–Trinajstić information content (AvgIpc) is 1.83. The van der Waals surface area contributed by atoms with Gasteiger partial charge in [-0.05, 0) is 13.3 Å². The predicted molar refractivity (Wildman–Crippen MR) is 35.9 cm³/mol. The van der Waals surface area contributed by atoms with Gasteiger partial charge in [0.1, 0.15) is 0 Å². The molecule has 0 amide bonds. The van der Waals surface area contributed by atoms with E-state index in [1.165, 1.54) is 0 Å². The lowest BCUT2D eigenvalue weighted by Crippen LogP contribution is -2.05. The minimum Gasteiger partial charge on any atom is -0.374 e. The van der Waals surface area contributed by atoms with Gasteiger partial charge in [-0.3, -0.25) is 0 Å². The van der Waals surface area contributed by atoms with E-state index >= 15 is 0 Å². The Hall–Kier alpha value is -0.300. The number of hydrogen-bond acceptors (Lipinski definition) is 1. The zero-order valence-electron chi connectivity index (χ0n) is 5.68. The maximum atomic E-state index is 5.22. The molecule has 0 rings (SSSR count). The molecule has 0 aromatic heterocycles. The topological polar surface area (TPSA) is 9.23 Å². The van der Waals surface area contributed by atoms with Crippen molar-refractivity contribution >= 4 is 0 Å². The third-order valence-corrected chi connectivity index (χ3v) is 1.07. The van der Waals surface area contributed by atoms with E-state index in [0.717, 1.165) is 6.42 Å². The molecular weight excluding hydrogens is 100 g/mol. The van der Waals surface area contributed by atoms with Crippen LogP contribution in [0, 0.1) is 0 Å². The number of rotatable bonds is 4. The highest BCUT2D eigenvalue weighted by molar-refractivity contribution is 4.64. The van der Waals surface area contributed by atoms with E-state index in [1.807, 2.05) is 0 Å².